The zero-order valence-corrected chi connectivity index (χ0v) is 16.0. The third-order valence-corrected chi connectivity index (χ3v) is 4.31. The average Bonchev–Trinajstić information content (AvgIpc) is 2.72. The van der Waals surface area contributed by atoms with Crippen molar-refractivity contribution in [2.24, 2.45) is 0 Å². The minimum absolute atomic E-state index is 0.161. The molecular weight excluding hydrogens is 358 g/mol. The van der Waals surface area contributed by atoms with E-state index < -0.39 is 5.97 Å². The molecule has 0 amide bonds. The monoisotopic (exact) mass is 381 g/mol. The number of ketones is 1. The van der Waals surface area contributed by atoms with Crippen LogP contribution >= 0.6 is 0 Å². The van der Waals surface area contributed by atoms with Crippen molar-refractivity contribution in [2.45, 2.75) is 32.6 Å². The molecule has 0 saturated heterocycles. The second-order valence-electron chi connectivity index (χ2n) is 6.19. The average molecular weight is 381 g/mol. The number of benzene rings is 2. The summed E-state index contributed by atoms with van der Waals surface area (Å²) in [4.78, 5) is 24.3. The fourth-order valence-electron chi connectivity index (χ4n) is 2.73. The first-order chi connectivity index (χ1) is 13.5. The number of hydrogen-bond donors (Lipinski definition) is 1. The number of carbonyl (C=O) groups excluding carboxylic acids is 2. The molecule has 0 heterocycles. The Bertz CT molecular complexity index is 881. The fourth-order valence-corrected chi connectivity index (χ4v) is 2.73. The van der Waals surface area contributed by atoms with Gasteiger partial charge in [-0.1, -0.05) is 19.1 Å². The summed E-state index contributed by atoms with van der Waals surface area (Å²) in [5.74, 6) is -0.448. The summed E-state index contributed by atoms with van der Waals surface area (Å²) in [5, 5.41) is 18.9. The first-order valence-corrected chi connectivity index (χ1v) is 9.10. The van der Waals surface area contributed by atoms with E-state index in [0.717, 1.165) is 18.4 Å². The first kappa shape index (κ1) is 21.0. The molecule has 1 N–H and O–H groups in total. The van der Waals surface area contributed by atoms with Gasteiger partial charge in [-0.05, 0) is 43.0 Å². The van der Waals surface area contributed by atoms with Gasteiger partial charge in [0.2, 0.25) is 0 Å². The van der Waals surface area contributed by atoms with E-state index in [0.29, 0.717) is 36.3 Å². The molecule has 146 valence electrons. The van der Waals surface area contributed by atoms with E-state index in [1.165, 1.54) is 37.4 Å². The summed E-state index contributed by atoms with van der Waals surface area (Å²) in [6, 6.07) is 11.3. The molecule has 28 heavy (non-hydrogen) atoms. The summed E-state index contributed by atoms with van der Waals surface area (Å²) >= 11 is 0. The van der Waals surface area contributed by atoms with Gasteiger partial charge >= 0.3 is 5.97 Å². The highest BCUT2D eigenvalue weighted by Gasteiger charge is 2.18. The van der Waals surface area contributed by atoms with E-state index in [4.69, 9.17) is 10.00 Å². The Morgan fingerprint density at radius 3 is 2.39 bits per heavy atom. The molecule has 6 nitrogen and oxygen atoms in total. The Hall–Kier alpha value is -3.33. The lowest BCUT2D eigenvalue weighted by molar-refractivity contribution is 0.0600. The van der Waals surface area contributed by atoms with Gasteiger partial charge in [-0.2, -0.15) is 5.26 Å². The molecule has 0 spiro atoms. The van der Waals surface area contributed by atoms with Gasteiger partial charge in [-0.25, -0.2) is 4.79 Å². The van der Waals surface area contributed by atoms with Crippen molar-refractivity contribution < 1.29 is 24.2 Å². The van der Waals surface area contributed by atoms with Gasteiger partial charge in [0, 0.05) is 18.1 Å². The lowest BCUT2D eigenvalue weighted by Crippen LogP contribution is -2.06. The molecule has 2 rings (SSSR count). The maximum Gasteiger partial charge on any atom is 0.337 e. The second kappa shape index (κ2) is 10.1. The lowest BCUT2D eigenvalue weighted by atomic mass is 9.98. The second-order valence-corrected chi connectivity index (χ2v) is 6.19. The number of aryl methyl sites for hydroxylation is 1. The van der Waals surface area contributed by atoms with Crippen molar-refractivity contribution in [3.8, 4) is 17.6 Å². The van der Waals surface area contributed by atoms with Gasteiger partial charge in [0.25, 0.3) is 0 Å². The summed E-state index contributed by atoms with van der Waals surface area (Å²) in [6.07, 6.45) is 2.61. The van der Waals surface area contributed by atoms with Crippen molar-refractivity contribution in [3.05, 3.63) is 58.7 Å². The van der Waals surface area contributed by atoms with Gasteiger partial charge in [-0.15, -0.1) is 0 Å². The number of ether oxygens (including phenoxy) is 2. The van der Waals surface area contributed by atoms with Crippen LogP contribution in [0.4, 0.5) is 0 Å². The van der Waals surface area contributed by atoms with Crippen LogP contribution in [0, 0.1) is 11.3 Å². The molecule has 6 heteroatoms. The molecule has 0 aliphatic rings. The van der Waals surface area contributed by atoms with Crippen LogP contribution in [0.1, 0.15) is 58.0 Å². The first-order valence-electron chi connectivity index (χ1n) is 9.10. The molecule has 2 aromatic carbocycles. The van der Waals surface area contributed by atoms with Crippen molar-refractivity contribution >= 4 is 11.8 Å². The number of nitrogens with zero attached hydrogens (tertiary/aromatic N) is 1. The van der Waals surface area contributed by atoms with Crippen LogP contribution in [0.2, 0.25) is 0 Å². The molecular formula is C22H23NO5. The maximum absolute atomic E-state index is 12.8. The van der Waals surface area contributed by atoms with Crippen LogP contribution in [0.3, 0.4) is 0 Å². The van der Waals surface area contributed by atoms with Crippen molar-refractivity contribution in [3.63, 3.8) is 0 Å². The molecule has 0 aliphatic heterocycles. The molecule has 0 atom stereocenters. The molecule has 0 saturated carbocycles. The minimum Gasteiger partial charge on any atom is -0.507 e. The van der Waals surface area contributed by atoms with Crippen LogP contribution in [0.15, 0.2) is 36.4 Å². The normalized spacial score (nSPS) is 10.2. The molecule has 0 bridgehead atoms. The lowest BCUT2D eigenvalue weighted by Gasteiger charge is -2.13. The summed E-state index contributed by atoms with van der Waals surface area (Å²) in [5.41, 5.74) is 1.69. The van der Waals surface area contributed by atoms with Gasteiger partial charge in [0.1, 0.15) is 11.5 Å². The van der Waals surface area contributed by atoms with E-state index in [2.05, 4.69) is 10.8 Å². The van der Waals surface area contributed by atoms with E-state index in [1.807, 2.05) is 6.92 Å². The Kier molecular flexibility index (Phi) is 7.58. The van der Waals surface area contributed by atoms with Crippen LogP contribution in [-0.2, 0) is 11.2 Å². The third kappa shape index (κ3) is 5.10. The van der Waals surface area contributed by atoms with Crippen LogP contribution in [0.5, 0.6) is 11.5 Å². The fraction of sp³-hybridized carbons (Fsp3) is 0.318. The zero-order chi connectivity index (χ0) is 20.5. The molecule has 0 unspecified atom stereocenters. The van der Waals surface area contributed by atoms with E-state index in [1.54, 1.807) is 6.07 Å². The number of unbranched alkanes of at least 4 members (excludes halogenated alkanes) is 2. The summed E-state index contributed by atoms with van der Waals surface area (Å²) in [7, 11) is 1.29. The number of esters is 1. The number of phenols is 1. The van der Waals surface area contributed by atoms with E-state index in [-0.39, 0.29) is 17.1 Å². The number of phenolic OH excluding ortho intramolecular Hbond substituents is 1. The number of hydrogen-bond acceptors (Lipinski definition) is 6. The van der Waals surface area contributed by atoms with Crippen molar-refractivity contribution in [1.29, 1.82) is 5.26 Å². The number of nitriles is 1. The molecule has 0 aliphatic carbocycles. The minimum atomic E-state index is -0.480. The maximum atomic E-state index is 12.8. The molecule has 2 aromatic rings. The zero-order valence-electron chi connectivity index (χ0n) is 16.0. The quantitative estimate of drug-likeness (QED) is 0.400. The number of methoxy groups -OCH3 is 1. The predicted molar refractivity (Wildman–Crippen MR) is 104 cm³/mol. The number of aromatic hydroxyl groups is 1. The van der Waals surface area contributed by atoms with Crippen LogP contribution < -0.4 is 4.74 Å². The van der Waals surface area contributed by atoms with Crippen molar-refractivity contribution in [2.75, 3.05) is 13.7 Å². The highest BCUT2D eigenvalue weighted by Crippen LogP contribution is 2.31. The third-order valence-electron chi connectivity index (χ3n) is 4.31. The smallest absolute Gasteiger partial charge is 0.337 e. The SMILES string of the molecule is CCc1cc(C(=O)c2ccc(C(=O)OC)cc2)c(O)cc1OCCCCC#N. The van der Waals surface area contributed by atoms with Gasteiger partial charge in [0.05, 0.1) is 30.9 Å². The highest BCUT2D eigenvalue weighted by atomic mass is 16.5. The van der Waals surface area contributed by atoms with Gasteiger partial charge in [-0.3, -0.25) is 4.79 Å². The Morgan fingerprint density at radius 1 is 1.11 bits per heavy atom. The Morgan fingerprint density at radius 2 is 1.79 bits per heavy atom. The van der Waals surface area contributed by atoms with Crippen molar-refractivity contribution in [1.82, 2.24) is 0 Å². The van der Waals surface area contributed by atoms with Crippen LogP contribution in [0.25, 0.3) is 0 Å². The number of carbonyl (C=O) groups is 2. The standard InChI is InChI=1S/C22H23NO5/c1-3-15-13-18(19(24)14-20(15)28-12-6-4-5-11-23)21(25)16-7-9-17(10-8-16)22(26)27-2/h7-10,13-14,24H,3-6,12H2,1-2H3. The van der Waals surface area contributed by atoms with E-state index >= 15 is 0 Å². The predicted octanol–water partition coefficient (Wildman–Crippen LogP) is 4.04. The highest BCUT2D eigenvalue weighted by molar-refractivity contribution is 6.11. The Balaban J connectivity index is 2.19. The molecule has 0 aromatic heterocycles. The largest absolute Gasteiger partial charge is 0.507 e. The summed E-state index contributed by atoms with van der Waals surface area (Å²) in [6.45, 7) is 2.38. The van der Waals surface area contributed by atoms with Crippen LogP contribution in [-0.4, -0.2) is 30.6 Å². The van der Waals surface area contributed by atoms with Gasteiger partial charge in [0.15, 0.2) is 5.78 Å². The molecule has 0 fully saturated rings. The summed E-state index contributed by atoms with van der Waals surface area (Å²) < 4.78 is 10.4. The van der Waals surface area contributed by atoms with Gasteiger partial charge < -0.3 is 14.6 Å². The number of rotatable bonds is 9. The molecule has 0 radical (unpaired) electrons. The van der Waals surface area contributed by atoms with E-state index in [9.17, 15) is 14.7 Å². The topological polar surface area (TPSA) is 96.6 Å². The Labute approximate surface area is 164 Å².